The monoisotopic (exact) mass is 266 g/mol. The highest BCUT2D eigenvalue weighted by atomic mass is 16.2. The second-order valence-corrected chi connectivity index (χ2v) is 6.68. The molecule has 3 N–H and O–H groups in total. The summed E-state index contributed by atoms with van der Waals surface area (Å²) in [6, 6.07) is 0. The molecule has 0 saturated heterocycles. The van der Waals surface area contributed by atoms with Crippen LogP contribution >= 0.6 is 0 Å². The number of hydrogen-bond donors (Lipinski definition) is 2. The first-order valence-corrected chi connectivity index (χ1v) is 8.20. The summed E-state index contributed by atoms with van der Waals surface area (Å²) < 4.78 is 0. The number of nitrogens with two attached hydrogens (primary N) is 1. The minimum absolute atomic E-state index is 0.123. The molecule has 0 aromatic heterocycles. The number of rotatable bonds is 3. The standard InChI is InChI=1S/C16H30N2O/c1-13-8-6-7-11-16(13,12-17)18-15(19)14-9-4-2-3-5-10-14/h13-14H,2-12,17H2,1H3,(H,18,19). The van der Waals surface area contributed by atoms with Crippen molar-refractivity contribution in [3.8, 4) is 0 Å². The number of hydrogen-bond acceptors (Lipinski definition) is 2. The van der Waals surface area contributed by atoms with Crippen molar-refractivity contribution in [1.29, 1.82) is 0 Å². The Hall–Kier alpha value is -0.570. The predicted molar refractivity (Wildman–Crippen MR) is 78.8 cm³/mol. The SMILES string of the molecule is CC1CCCCC1(CN)NC(=O)C1CCCCCC1. The lowest BCUT2D eigenvalue weighted by atomic mass is 9.73. The molecule has 2 unspecified atom stereocenters. The van der Waals surface area contributed by atoms with Crippen LogP contribution in [0, 0.1) is 11.8 Å². The van der Waals surface area contributed by atoms with E-state index in [9.17, 15) is 4.79 Å². The number of carbonyl (C=O) groups excluding carboxylic acids is 1. The first-order chi connectivity index (χ1) is 9.18. The zero-order valence-electron chi connectivity index (χ0n) is 12.4. The van der Waals surface area contributed by atoms with Gasteiger partial charge in [-0.05, 0) is 31.6 Å². The molecule has 3 nitrogen and oxygen atoms in total. The minimum atomic E-state index is -0.123. The Bertz CT molecular complexity index is 297. The Morgan fingerprint density at radius 1 is 1.11 bits per heavy atom. The Kier molecular flexibility index (Phi) is 5.26. The third-order valence-electron chi connectivity index (χ3n) is 5.42. The van der Waals surface area contributed by atoms with Gasteiger partial charge < -0.3 is 11.1 Å². The fourth-order valence-corrected chi connectivity index (χ4v) is 3.84. The van der Waals surface area contributed by atoms with Gasteiger partial charge in [-0.3, -0.25) is 4.79 Å². The van der Waals surface area contributed by atoms with E-state index < -0.39 is 0 Å². The van der Waals surface area contributed by atoms with Gasteiger partial charge in [-0.15, -0.1) is 0 Å². The molecule has 0 bridgehead atoms. The van der Waals surface area contributed by atoms with E-state index in [1.807, 2.05) is 0 Å². The topological polar surface area (TPSA) is 55.1 Å². The summed E-state index contributed by atoms with van der Waals surface area (Å²) in [5, 5.41) is 3.37. The van der Waals surface area contributed by atoms with Crippen molar-refractivity contribution in [3.63, 3.8) is 0 Å². The van der Waals surface area contributed by atoms with Crippen LogP contribution in [0.25, 0.3) is 0 Å². The van der Waals surface area contributed by atoms with E-state index in [2.05, 4.69) is 12.2 Å². The smallest absolute Gasteiger partial charge is 0.223 e. The van der Waals surface area contributed by atoms with Crippen LogP contribution in [-0.4, -0.2) is 18.0 Å². The second kappa shape index (κ2) is 6.74. The summed E-state index contributed by atoms with van der Waals surface area (Å²) in [5.74, 6) is 1.03. The first kappa shape index (κ1) is 14.8. The molecule has 1 amide bonds. The van der Waals surface area contributed by atoms with Crippen molar-refractivity contribution >= 4 is 5.91 Å². The Morgan fingerprint density at radius 3 is 2.32 bits per heavy atom. The van der Waals surface area contributed by atoms with E-state index in [1.165, 1.54) is 44.9 Å². The molecular weight excluding hydrogens is 236 g/mol. The Morgan fingerprint density at radius 2 is 1.74 bits per heavy atom. The Balaban J connectivity index is 1.98. The van der Waals surface area contributed by atoms with Gasteiger partial charge in [0, 0.05) is 12.5 Å². The van der Waals surface area contributed by atoms with Gasteiger partial charge >= 0.3 is 0 Å². The van der Waals surface area contributed by atoms with Crippen molar-refractivity contribution in [1.82, 2.24) is 5.32 Å². The van der Waals surface area contributed by atoms with Gasteiger partial charge in [-0.1, -0.05) is 45.4 Å². The number of nitrogens with one attached hydrogen (secondary N) is 1. The van der Waals surface area contributed by atoms with E-state index in [1.54, 1.807) is 0 Å². The van der Waals surface area contributed by atoms with E-state index >= 15 is 0 Å². The van der Waals surface area contributed by atoms with E-state index in [-0.39, 0.29) is 17.4 Å². The molecule has 0 spiro atoms. The molecule has 0 aromatic rings. The molecule has 2 aliphatic rings. The average molecular weight is 266 g/mol. The molecule has 0 heterocycles. The highest BCUT2D eigenvalue weighted by Gasteiger charge is 2.39. The van der Waals surface area contributed by atoms with Crippen molar-refractivity contribution in [2.45, 2.75) is 76.7 Å². The molecule has 2 aliphatic carbocycles. The van der Waals surface area contributed by atoms with Gasteiger partial charge in [-0.2, -0.15) is 0 Å². The van der Waals surface area contributed by atoms with Crippen molar-refractivity contribution in [2.24, 2.45) is 17.6 Å². The van der Waals surface area contributed by atoms with Crippen molar-refractivity contribution in [2.75, 3.05) is 6.54 Å². The first-order valence-electron chi connectivity index (χ1n) is 8.20. The molecule has 0 radical (unpaired) electrons. The maximum atomic E-state index is 12.6. The molecule has 0 aromatic carbocycles. The maximum absolute atomic E-state index is 12.6. The predicted octanol–water partition coefficient (Wildman–Crippen LogP) is 2.98. The highest BCUT2D eigenvalue weighted by molar-refractivity contribution is 5.79. The summed E-state index contributed by atoms with van der Waals surface area (Å²) in [6.45, 7) is 2.84. The molecule has 110 valence electrons. The molecule has 2 fully saturated rings. The van der Waals surface area contributed by atoms with Gasteiger partial charge in [0.25, 0.3) is 0 Å². The van der Waals surface area contributed by atoms with Crippen LogP contribution in [0.5, 0.6) is 0 Å². The van der Waals surface area contributed by atoms with Gasteiger partial charge in [0.1, 0.15) is 0 Å². The molecular formula is C16H30N2O. The summed E-state index contributed by atoms with van der Waals surface area (Å²) in [5.41, 5.74) is 5.90. The summed E-state index contributed by atoms with van der Waals surface area (Å²) in [4.78, 5) is 12.6. The lowest BCUT2D eigenvalue weighted by Crippen LogP contribution is -2.60. The summed E-state index contributed by atoms with van der Waals surface area (Å²) >= 11 is 0. The van der Waals surface area contributed by atoms with Crippen LogP contribution in [0.2, 0.25) is 0 Å². The summed E-state index contributed by atoms with van der Waals surface area (Å²) in [7, 11) is 0. The van der Waals surface area contributed by atoms with E-state index in [0.717, 1.165) is 19.3 Å². The van der Waals surface area contributed by atoms with Crippen LogP contribution in [0.4, 0.5) is 0 Å². The van der Waals surface area contributed by atoms with Crippen LogP contribution in [0.15, 0.2) is 0 Å². The fraction of sp³-hybridized carbons (Fsp3) is 0.938. The zero-order chi connectivity index (χ0) is 13.7. The van der Waals surface area contributed by atoms with Crippen molar-refractivity contribution < 1.29 is 4.79 Å². The van der Waals surface area contributed by atoms with E-state index in [4.69, 9.17) is 5.73 Å². The van der Waals surface area contributed by atoms with Crippen LogP contribution < -0.4 is 11.1 Å². The third kappa shape index (κ3) is 3.50. The molecule has 2 saturated carbocycles. The van der Waals surface area contributed by atoms with Gasteiger partial charge in [-0.25, -0.2) is 0 Å². The molecule has 0 aliphatic heterocycles. The lowest BCUT2D eigenvalue weighted by Gasteiger charge is -2.43. The van der Waals surface area contributed by atoms with Crippen LogP contribution in [-0.2, 0) is 4.79 Å². The van der Waals surface area contributed by atoms with Gasteiger partial charge in [0.15, 0.2) is 0 Å². The van der Waals surface area contributed by atoms with Crippen molar-refractivity contribution in [3.05, 3.63) is 0 Å². The Labute approximate surface area is 117 Å². The normalized spacial score (nSPS) is 33.7. The summed E-state index contributed by atoms with van der Waals surface area (Å²) in [6.07, 6.45) is 11.9. The molecule has 3 heteroatoms. The second-order valence-electron chi connectivity index (χ2n) is 6.68. The average Bonchev–Trinajstić information content (AvgIpc) is 2.70. The largest absolute Gasteiger partial charge is 0.349 e. The quantitative estimate of drug-likeness (QED) is 0.772. The van der Waals surface area contributed by atoms with E-state index in [0.29, 0.717) is 12.5 Å². The fourth-order valence-electron chi connectivity index (χ4n) is 3.84. The molecule has 2 atom stereocenters. The lowest BCUT2D eigenvalue weighted by molar-refractivity contribution is -0.128. The zero-order valence-corrected chi connectivity index (χ0v) is 12.4. The minimum Gasteiger partial charge on any atom is -0.349 e. The van der Waals surface area contributed by atoms with Gasteiger partial charge in [0.05, 0.1) is 5.54 Å². The number of carbonyl (C=O) groups is 1. The van der Waals surface area contributed by atoms with Gasteiger partial charge in [0.2, 0.25) is 5.91 Å². The molecule has 19 heavy (non-hydrogen) atoms. The van der Waals surface area contributed by atoms with Crippen LogP contribution in [0.3, 0.4) is 0 Å². The van der Waals surface area contributed by atoms with Crippen LogP contribution in [0.1, 0.15) is 71.1 Å². The maximum Gasteiger partial charge on any atom is 0.223 e. The number of amides is 1. The molecule has 2 rings (SSSR count). The third-order valence-corrected chi connectivity index (χ3v) is 5.42. The highest BCUT2D eigenvalue weighted by Crippen LogP contribution is 2.34.